The highest BCUT2D eigenvalue weighted by molar-refractivity contribution is 6.30. The number of carbonyl (C=O) groups excluding carboxylic acids is 2. The number of ketones is 2. The molecule has 0 saturated carbocycles. The molecule has 0 saturated heterocycles. The van der Waals surface area contributed by atoms with Crippen LogP contribution in [0, 0.1) is 0 Å². The first-order chi connectivity index (χ1) is 10.0. The van der Waals surface area contributed by atoms with Crippen LogP contribution < -0.4 is 4.74 Å². The minimum absolute atomic E-state index is 0.0160. The zero-order valence-electron chi connectivity index (χ0n) is 11.3. The molecule has 0 aliphatic carbocycles. The van der Waals surface area contributed by atoms with E-state index in [1.54, 1.807) is 36.4 Å². The molecule has 2 aromatic rings. The van der Waals surface area contributed by atoms with Gasteiger partial charge < -0.3 is 9.84 Å². The molecule has 21 heavy (non-hydrogen) atoms. The average Bonchev–Trinajstić information content (AvgIpc) is 2.47. The number of ether oxygens (including phenoxy) is 1. The Kier molecular flexibility index (Phi) is 4.60. The van der Waals surface area contributed by atoms with E-state index in [9.17, 15) is 14.7 Å². The van der Waals surface area contributed by atoms with Crippen LogP contribution in [0.2, 0.25) is 5.02 Å². The summed E-state index contributed by atoms with van der Waals surface area (Å²) in [4.78, 5) is 24.3. The summed E-state index contributed by atoms with van der Waals surface area (Å²) >= 11 is 5.75. The van der Waals surface area contributed by atoms with Crippen LogP contribution in [0.3, 0.4) is 0 Å². The lowest BCUT2D eigenvalue weighted by Gasteiger charge is -2.09. The highest BCUT2D eigenvalue weighted by Crippen LogP contribution is 2.29. The first-order valence-corrected chi connectivity index (χ1v) is 6.58. The minimum Gasteiger partial charge on any atom is -0.507 e. The van der Waals surface area contributed by atoms with Gasteiger partial charge in [0.15, 0.2) is 11.6 Å². The van der Waals surface area contributed by atoms with Crippen LogP contribution in [-0.4, -0.2) is 23.8 Å². The molecule has 0 aromatic heterocycles. The second kappa shape index (κ2) is 6.41. The first kappa shape index (κ1) is 15.1. The molecule has 108 valence electrons. The average molecular weight is 305 g/mol. The molecule has 2 rings (SSSR count). The third-order valence-corrected chi connectivity index (χ3v) is 3.24. The van der Waals surface area contributed by atoms with Crippen LogP contribution >= 0.6 is 11.6 Å². The fourth-order valence-corrected chi connectivity index (χ4v) is 2.07. The summed E-state index contributed by atoms with van der Waals surface area (Å²) in [7, 11) is 1.40. The van der Waals surface area contributed by atoms with Crippen LogP contribution in [0.5, 0.6) is 11.5 Å². The lowest BCUT2D eigenvalue weighted by Crippen LogP contribution is -2.10. The molecule has 0 bridgehead atoms. The minimum atomic E-state index is -0.495. The Labute approximate surface area is 126 Å². The van der Waals surface area contributed by atoms with E-state index in [0.717, 1.165) is 0 Å². The van der Waals surface area contributed by atoms with E-state index in [-0.39, 0.29) is 29.3 Å². The molecule has 4 nitrogen and oxygen atoms in total. The van der Waals surface area contributed by atoms with Gasteiger partial charge in [-0.3, -0.25) is 9.59 Å². The number of methoxy groups -OCH3 is 1. The Morgan fingerprint density at radius 3 is 2.38 bits per heavy atom. The van der Waals surface area contributed by atoms with Crippen molar-refractivity contribution in [1.29, 1.82) is 0 Å². The fraction of sp³-hybridized carbons (Fsp3) is 0.125. The SMILES string of the molecule is COc1cccc(O)c1C(=O)CC(=O)c1ccc(Cl)cc1. The Morgan fingerprint density at radius 2 is 1.76 bits per heavy atom. The summed E-state index contributed by atoms with van der Waals surface area (Å²) in [6.07, 6.45) is -0.352. The number of halogens is 1. The summed E-state index contributed by atoms with van der Waals surface area (Å²) < 4.78 is 5.04. The van der Waals surface area contributed by atoms with Gasteiger partial charge in [0.1, 0.15) is 17.1 Å². The zero-order valence-corrected chi connectivity index (χ0v) is 12.1. The van der Waals surface area contributed by atoms with Crippen LogP contribution in [0.15, 0.2) is 42.5 Å². The lowest BCUT2D eigenvalue weighted by atomic mass is 10.0. The van der Waals surface area contributed by atoms with E-state index < -0.39 is 5.78 Å². The van der Waals surface area contributed by atoms with Crippen LogP contribution in [0.1, 0.15) is 27.1 Å². The maximum atomic E-state index is 12.2. The van der Waals surface area contributed by atoms with Crippen molar-refractivity contribution in [2.24, 2.45) is 0 Å². The molecular formula is C16H13ClO4. The van der Waals surface area contributed by atoms with Crippen molar-refractivity contribution in [1.82, 2.24) is 0 Å². The van der Waals surface area contributed by atoms with Crippen molar-refractivity contribution in [3.8, 4) is 11.5 Å². The topological polar surface area (TPSA) is 63.6 Å². The molecule has 0 unspecified atom stereocenters. The van der Waals surface area contributed by atoms with Crippen molar-refractivity contribution in [2.75, 3.05) is 7.11 Å². The monoisotopic (exact) mass is 304 g/mol. The predicted octanol–water partition coefficient (Wildman–Crippen LogP) is 3.51. The third-order valence-electron chi connectivity index (χ3n) is 2.99. The lowest BCUT2D eigenvalue weighted by molar-refractivity contribution is 0.0891. The largest absolute Gasteiger partial charge is 0.507 e. The van der Waals surface area contributed by atoms with Gasteiger partial charge in [-0.2, -0.15) is 0 Å². The van der Waals surface area contributed by atoms with Crippen molar-refractivity contribution in [3.05, 3.63) is 58.6 Å². The maximum Gasteiger partial charge on any atom is 0.178 e. The van der Waals surface area contributed by atoms with Crippen molar-refractivity contribution >= 4 is 23.2 Å². The van der Waals surface area contributed by atoms with E-state index in [1.165, 1.54) is 13.2 Å². The normalized spacial score (nSPS) is 10.2. The highest BCUT2D eigenvalue weighted by Gasteiger charge is 2.20. The second-order valence-corrected chi connectivity index (χ2v) is 4.82. The maximum absolute atomic E-state index is 12.2. The molecule has 1 N–H and O–H groups in total. The number of benzene rings is 2. The van der Waals surface area contributed by atoms with E-state index in [0.29, 0.717) is 10.6 Å². The molecular weight excluding hydrogens is 292 g/mol. The summed E-state index contributed by atoms with van der Waals surface area (Å²) in [5, 5.41) is 10.3. The molecule has 0 heterocycles. The van der Waals surface area contributed by atoms with Crippen molar-refractivity contribution < 1.29 is 19.4 Å². The van der Waals surface area contributed by atoms with Crippen LogP contribution in [0.4, 0.5) is 0 Å². The Hall–Kier alpha value is -2.33. The van der Waals surface area contributed by atoms with E-state index >= 15 is 0 Å². The van der Waals surface area contributed by atoms with Gasteiger partial charge in [0.05, 0.1) is 13.5 Å². The number of Topliss-reactive ketones (excluding diaryl/α,β-unsaturated/α-hetero) is 2. The van der Waals surface area contributed by atoms with E-state index in [2.05, 4.69) is 0 Å². The Balaban J connectivity index is 2.22. The second-order valence-electron chi connectivity index (χ2n) is 4.38. The van der Waals surface area contributed by atoms with E-state index in [4.69, 9.17) is 16.3 Å². The molecule has 0 fully saturated rings. The summed E-state index contributed by atoms with van der Waals surface area (Å²) in [5.41, 5.74) is 0.407. The number of phenolic OH excluding ortho intramolecular Hbond substituents is 1. The van der Waals surface area contributed by atoms with Gasteiger partial charge in [0.2, 0.25) is 0 Å². The summed E-state index contributed by atoms with van der Waals surface area (Å²) in [6.45, 7) is 0. The summed E-state index contributed by atoms with van der Waals surface area (Å²) in [6, 6.07) is 10.8. The predicted molar refractivity (Wildman–Crippen MR) is 79.4 cm³/mol. The Bertz CT molecular complexity index is 677. The standard InChI is InChI=1S/C16H13ClO4/c1-21-15-4-2-3-12(18)16(15)14(20)9-13(19)10-5-7-11(17)8-6-10/h2-8,18H,9H2,1H3. The number of rotatable bonds is 5. The quantitative estimate of drug-likeness (QED) is 0.678. The van der Waals surface area contributed by atoms with Gasteiger partial charge in [-0.05, 0) is 36.4 Å². The van der Waals surface area contributed by atoms with Gasteiger partial charge in [-0.15, -0.1) is 0 Å². The Morgan fingerprint density at radius 1 is 1.10 bits per heavy atom. The molecule has 5 heteroatoms. The first-order valence-electron chi connectivity index (χ1n) is 6.21. The van der Waals surface area contributed by atoms with Gasteiger partial charge in [-0.25, -0.2) is 0 Å². The zero-order chi connectivity index (χ0) is 15.4. The molecule has 0 aliphatic heterocycles. The van der Waals surface area contributed by atoms with Gasteiger partial charge >= 0.3 is 0 Å². The molecule has 0 aliphatic rings. The number of phenols is 1. The van der Waals surface area contributed by atoms with Gasteiger partial charge in [0.25, 0.3) is 0 Å². The highest BCUT2D eigenvalue weighted by atomic mass is 35.5. The molecule has 0 radical (unpaired) electrons. The van der Waals surface area contributed by atoms with Gasteiger partial charge in [-0.1, -0.05) is 17.7 Å². The van der Waals surface area contributed by atoms with Gasteiger partial charge in [0, 0.05) is 10.6 Å². The number of hydrogen-bond acceptors (Lipinski definition) is 4. The van der Waals surface area contributed by atoms with Crippen LogP contribution in [-0.2, 0) is 0 Å². The number of aromatic hydroxyl groups is 1. The molecule has 2 aromatic carbocycles. The molecule has 0 spiro atoms. The van der Waals surface area contributed by atoms with Crippen molar-refractivity contribution in [2.45, 2.75) is 6.42 Å². The fourth-order valence-electron chi connectivity index (χ4n) is 1.94. The molecule has 0 amide bonds. The van der Waals surface area contributed by atoms with Crippen molar-refractivity contribution in [3.63, 3.8) is 0 Å². The van der Waals surface area contributed by atoms with E-state index in [1.807, 2.05) is 0 Å². The number of hydrogen-bond donors (Lipinski definition) is 1. The third kappa shape index (κ3) is 3.41. The molecule has 0 atom stereocenters. The number of carbonyl (C=O) groups is 2. The smallest absolute Gasteiger partial charge is 0.178 e. The summed E-state index contributed by atoms with van der Waals surface area (Å²) in [5.74, 6) is -0.806. The van der Waals surface area contributed by atoms with Crippen LogP contribution in [0.25, 0.3) is 0 Å².